The molecule has 1 aromatic heterocycles. The molecule has 0 spiro atoms. The first-order valence-corrected chi connectivity index (χ1v) is 8.17. The number of nitrogens with one attached hydrogen (secondary N) is 1. The van der Waals surface area contributed by atoms with E-state index < -0.39 is 0 Å². The second-order valence-corrected chi connectivity index (χ2v) is 6.02. The van der Waals surface area contributed by atoms with Crippen LogP contribution in [0.3, 0.4) is 0 Å². The Kier molecular flexibility index (Phi) is 4.51. The molecule has 0 aliphatic carbocycles. The number of aliphatic hydroxyl groups excluding tert-OH is 1. The number of aliphatic hydroxyl groups is 1. The minimum atomic E-state index is 0.115. The topological polar surface area (TPSA) is 36.1 Å². The van der Waals surface area contributed by atoms with Crippen LogP contribution < -0.4 is 9.88 Å². The van der Waals surface area contributed by atoms with Crippen LogP contribution >= 0.6 is 11.3 Å². The van der Waals surface area contributed by atoms with Crippen molar-refractivity contribution in [2.24, 2.45) is 0 Å². The van der Waals surface area contributed by atoms with E-state index in [0.29, 0.717) is 6.54 Å². The summed E-state index contributed by atoms with van der Waals surface area (Å²) in [5.41, 5.74) is 4.58. The van der Waals surface area contributed by atoms with Gasteiger partial charge < -0.3 is 5.11 Å². The van der Waals surface area contributed by atoms with Gasteiger partial charge in [0.25, 0.3) is 0 Å². The highest BCUT2D eigenvalue weighted by molar-refractivity contribution is 7.13. The smallest absolute Gasteiger partial charge is 0.339 e. The van der Waals surface area contributed by atoms with Crippen LogP contribution in [0.25, 0.3) is 11.3 Å². The fraction of sp³-hybridized carbons (Fsp3) is 0.167. The standard InChI is InChI=1S/C18H18N2OS/c1-14-7-9-15(10-8-14)17-13-22-18(20(17)11-12-21)19-16-5-3-2-4-6-16/h2-10,13,21H,11-12H2,1H3/p+1. The molecule has 0 saturated carbocycles. The van der Waals surface area contributed by atoms with E-state index in [2.05, 4.69) is 46.5 Å². The van der Waals surface area contributed by atoms with Gasteiger partial charge in [0.05, 0.1) is 6.61 Å². The van der Waals surface area contributed by atoms with Crippen LogP contribution in [0.2, 0.25) is 0 Å². The van der Waals surface area contributed by atoms with Crippen molar-refractivity contribution in [3.05, 3.63) is 65.5 Å². The molecule has 0 radical (unpaired) electrons. The van der Waals surface area contributed by atoms with Gasteiger partial charge in [-0.05, 0) is 19.1 Å². The van der Waals surface area contributed by atoms with Crippen molar-refractivity contribution in [3.8, 4) is 11.3 Å². The Balaban J connectivity index is 1.96. The normalized spacial score (nSPS) is 10.6. The number of hydrogen-bond donors (Lipinski definition) is 2. The van der Waals surface area contributed by atoms with Gasteiger partial charge in [-0.2, -0.15) is 0 Å². The molecule has 0 fully saturated rings. The summed E-state index contributed by atoms with van der Waals surface area (Å²) < 4.78 is 2.13. The highest BCUT2D eigenvalue weighted by Gasteiger charge is 2.19. The second-order valence-electron chi connectivity index (χ2n) is 5.16. The molecule has 1 heterocycles. The zero-order valence-corrected chi connectivity index (χ0v) is 13.3. The number of aryl methyl sites for hydroxylation is 1. The first kappa shape index (κ1) is 14.8. The molecule has 3 rings (SSSR count). The summed E-state index contributed by atoms with van der Waals surface area (Å²) in [6.07, 6.45) is 0. The summed E-state index contributed by atoms with van der Waals surface area (Å²) in [5, 5.41) is 16.0. The van der Waals surface area contributed by atoms with E-state index in [4.69, 9.17) is 0 Å². The molecular formula is C18H19N2OS+. The predicted molar refractivity (Wildman–Crippen MR) is 91.5 cm³/mol. The molecule has 112 valence electrons. The van der Waals surface area contributed by atoms with Crippen molar-refractivity contribution in [1.29, 1.82) is 0 Å². The Labute approximate surface area is 134 Å². The molecule has 2 aromatic carbocycles. The molecule has 3 nitrogen and oxygen atoms in total. The highest BCUT2D eigenvalue weighted by atomic mass is 32.1. The fourth-order valence-corrected chi connectivity index (χ4v) is 3.34. The largest absolute Gasteiger partial charge is 0.392 e. The zero-order valence-electron chi connectivity index (χ0n) is 12.5. The molecule has 0 amide bonds. The number of aromatic nitrogens is 1. The summed E-state index contributed by atoms with van der Waals surface area (Å²) in [7, 11) is 0. The Morgan fingerprint density at radius 3 is 2.45 bits per heavy atom. The predicted octanol–water partition coefficient (Wildman–Crippen LogP) is 3.75. The lowest BCUT2D eigenvalue weighted by molar-refractivity contribution is -0.669. The van der Waals surface area contributed by atoms with Gasteiger partial charge in [-0.1, -0.05) is 59.4 Å². The number of hydrogen-bond acceptors (Lipinski definition) is 3. The van der Waals surface area contributed by atoms with Gasteiger partial charge in [-0.15, -0.1) is 0 Å². The Morgan fingerprint density at radius 2 is 1.77 bits per heavy atom. The Hall–Kier alpha value is -2.17. The second kappa shape index (κ2) is 6.73. The molecule has 0 bridgehead atoms. The molecule has 0 aliphatic rings. The average molecular weight is 311 g/mol. The Bertz CT molecular complexity index is 736. The van der Waals surface area contributed by atoms with Crippen molar-refractivity contribution >= 4 is 22.2 Å². The third kappa shape index (κ3) is 3.18. The van der Waals surface area contributed by atoms with E-state index in [9.17, 15) is 5.11 Å². The van der Waals surface area contributed by atoms with Gasteiger partial charge >= 0.3 is 5.13 Å². The van der Waals surface area contributed by atoms with Gasteiger partial charge in [0.2, 0.25) is 0 Å². The summed E-state index contributed by atoms with van der Waals surface area (Å²) in [4.78, 5) is 0. The quantitative estimate of drug-likeness (QED) is 0.704. The summed E-state index contributed by atoms with van der Waals surface area (Å²) >= 11 is 1.65. The van der Waals surface area contributed by atoms with Crippen LogP contribution in [0, 0.1) is 6.92 Å². The first-order valence-electron chi connectivity index (χ1n) is 7.29. The van der Waals surface area contributed by atoms with Crippen molar-refractivity contribution in [2.45, 2.75) is 13.5 Å². The van der Waals surface area contributed by atoms with Gasteiger partial charge in [0.1, 0.15) is 17.9 Å². The van der Waals surface area contributed by atoms with Gasteiger partial charge in [-0.3, -0.25) is 0 Å². The maximum atomic E-state index is 9.40. The lowest BCUT2D eigenvalue weighted by Gasteiger charge is -2.05. The molecule has 2 N–H and O–H groups in total. The van der Waals surface area contributed by atoms with E-state index in [1.54, 1.807) is 11.3 Å². The van der Waals surface area contributed by atoms with Crippen molar-refractivity contribution in [1.82, 2.24) is 0 Å². The van der Waals surface area contributed by atoms with Crippen LogP contribution in [0.1, 0.15) is 5.56 Å². The number of anilines is 2. The zero-order chi connectivity index (χ0) is 15.4. The summed E-state index contributed by atoms with van der Waals surface area (Å²) in [6.45, 7) is 2.77. The molecule has 0 saturated heterocycles. The number of thiazole rings is 1. The monoisotopic (exact) mass is 311 g/mol. The third-order valence-electron chi connectivity index (χ3n) is 3.51. The van der Waals surface area contributed by atoms with Crippen molar-refractivity contribution in [3.63, 3.8) is 0 Å². The fourth-order valence-electron chi connectivity index (χ4n) is 2.36. The minimum Gasteiger partial charge on any atom is -0.392 e. The lowest BCUT2D eigenvalue weighted by atomic mass is 10.1. The molecule has 0 aliphatic heterocycles. The SMILES string of the molecule is Cc1ccc(-c2csc(Nc3ccccc3)[n+]2CCO)cc1. The third-order valence-corrected chi connectivity index (χ3v) is 4.40. The van der Waals surface area contributed by atoms with Crippen molar-refractivity contribution in [2.75, 3.05) is 11.9 Å². The van der Waals surface area contributed by atoms with Crippen LogP contribution in [-0.2, 0) is 6.54 Å². The first-order chi connectivity index (χ1) is 10.8. The number of para-hydroxylation sites is 1. The van der Waals surface area contributed by atoms with E-state index in [1.165, 1.54) is 5.56 Å². The molecule has 22 heavy (non-hydrogen) atoms. The van der Waals surface area contributed by atoms with Gasteiger partial charge in [-0.25, -0.2) is 9.88 Å². The van der Waals surface area contributed by atoms with E-state index in [0.717, 1.165) is 22.1 Å². The van der Waals surface area contributed by atoms with Crippen LogP contribution in [-0.4, -0.2) is 11.7 Å². The summed E-state index contributed by atoms with van der Waals surface area (Å²) in [6, 6.07) is 18.6. The minimum absolute atomic E-state index is 0.115. The van der Waals surface area contributed by atoms with Gasteiger partial charge in [0.15, 0.2) is 0 Å². The number of rotatable bonds is 5. The average Bonchev–Trinajstić information content (AvgIpc) is 2.92. The summed E-state index contributed by atoms with van der Waals surface area (Å²) in [5.74, 6) is 0. The van der Waals surface area contributed by atoms with E-state index in [1.807, 2.05) is 30.3 Å². The molecule has 3 aromatic rings. The van der Waals surface area contributed by atoms with Crippen LogP contribution in [0.4, 0.5) is 10.8 Å². The molecule has 0 unspecified atom stereocenters. The van der Waals surface area contributed by atoms with Crippen LogP contribution in [0.15, 0.2) is 60.0 Å². The molecule has 0 atom stereocenters. The maximum absolute atomic E-state index is 9.40. The maximum Gasteiger partial charge on any atom is 0.339 e. The Morgan fingerprint density at radius 1 is 1.05 bits per heavy atom. The highest BCUT2D eigenvalue weighted by Crippen LogP contribution is 2.25. The van der Waals surface area contributed by atoms with Crippen LogP contribution in [0.5, 0.6) is 0 Å². The molecular weight excluding hydrogens is 292 g/mol. The van der Waals surface area contributed by atoms with Gasteiger partial charge in [0, 0.05) is 10.9 Å². The molecule has 4 heteroatoms. The number of nitrogens with zero attached hydrogens (tertiary/aromatic N) is 1. The van der Waals surface area contributed by atoms with E-state index in [-0.39, 0.29) is 6.61 Å². The lowest BCUT2D eigenvalue weighted by Crippen LogP contribution is -2.38. The number of benzene rings is 2. The van der Waals surface area contributed by atoms with E-state index >= 15 is 0 Å². The van der Waals surface area contributed by atoms with Crippen molar-refractivity contribution < 1.29 is 9.67 Å².